The van der Waals surface area contributed by atoms with E-state index in [2.05, 4.69) is 0 Å². The SMILES string of the molecule is CC(C)(SC(=N)N)C(=O)O. The van der Waals surface area contributed by atoms with Crippen LogP contribution in [0.1, 0.15) is 13.8 Å². The molecule has 0 aliphatic rings. The monoisotopic (exact) mass is 162 g/mol. The largest absolute Gasteiger partial charge is 0.480 e. The molecule has 0 atom stereocenters. The van der Waals surface area contributed by atoms with Gasteiger partial charge in [0, 0.05) is 0 Å². The van der Waals surface area contributed by atoms with Crippen LogP contribution in [-0.2, 0) is 4.79 Å². The highest BCUT2D eigenvalue weighted by molar-refractivity contribution is 8.15. The average Bonchev–Trinajstić information content (AvgIpc) is 1.60. The summed E-state index contributed by atoms with van der Waals surface area (Å²) in [5, 5.41) is 15.2. The summed E-state index contributed by atoms with van der Waals surface area (Å²) in [5.41, 5.74) is 5.00. The van der Waals surface area contributed by atoms with Crippen LogP contribution in [0.4, 0.5) is 0 Å². The molecule has 0 radical (unpaired) electrons. The van der Waals surface area contributed by atoms with Crippen LogP contribution in [0.25, 0.3) is 0 Å². The molecular formula is C5H10N2O2S. The summed E-state index contributed by atoms with van der Waals surface area (Å²) in [7, 11) is 0. The van der Waals surface area contributed by atoms with Gasteiger partial charge in [-0.3, -0.25) is 10.2 Å². The summed E-state index contributed by atoms with van der Waals surface area (Å²) in [6, 6.07) is 0. The maximum Gasteiger partial charge on any atom is 0.319 e. The Morgan fingerprint density at radius 3 is 2.20 bits per heavy atom. The van der Waals surface area contributed by atoms with Crippen LogP contribution in [0.5, 0.6) is 0 Å². The normalized spacial score (nSPS) is 11.0. The molecule has 0 aromatic heterocycles. The minimum atomic E-state index is -0.994. The number of hydrogen-bond donors (Lipinski definition) is 3. The van der Waals surface area contributed by atoms with Crippen molar-refractivity contribution in [3.8, 4) is 0 Å². The van der Waals surface area contributed by atoms with Gasteiger partial charge in [0.25, 0.3) is 0 Å². The quantitative estimate of drug-likeness (QED) is 0.407. The van der Waals surface area contributed by atoms with E-state index in [0.717, 1.165) is 11.8 Å². The minimum absolute atomic E-state index is 0.174. The number of amidine groups is 1. The maximum absolute atomic E-state index is 10.4. The first-order valence-electron chi connectivity index (χ1n) is 2.62. The summed E-state index contributed by atoms with van der Waals surface area (Å²) < 4.78 is -0.994. The molecule has 10 heavy (non-hydrogen) atoms. The Morgan fingerprint density at radius 2 is 2.10 bits per heavy atom. The van der Waals surface area contributed by atoms with E-state index < -0.39 is 10.7 Å². The topological polar surface area (TPSA) is 87.2 Å². The number of rotatable bonds is 2. The highest BCUT2D eigenvalue weighted by atomic mass is 32.2. The van der Waals surface area contributed by atoms with Crippen molar-refractivity contribution in [3.63, 3.8) is 0 Å². The van der Waals surface area contributed by atoms with Gasteiger partial charge in [-0.2, -0.15) is 0 Å². The molecule has 58 valence electrons. The van der Waals surface area contributed by atoms with Gasteiger partial charge in [-0.1, -0.05) is 11.8 Å². The lowest BCUT2D eigenvalue weighted by atomic mass is 10.2. The molecule has 5 heteroatoms. The second kappa shape index (κ2) is 2.92. The van der Waals surface area contributed by atoms with Gasteiger partial charge in [-0.05, 0) is 13.8 Å². The zero-order chi connectivity index (χ0) is 8.36. The van der Waals surface area contributed by atoms with Crippen LogP contribution in [0.3, 0.4) is 0 Å². The molecule has 0 aliphatic heterocycles. The molecule has 0 spiro atoms. The Balaban J connectivity index is 4.13. The maximum atomic E-state index is 10.4. The Morgan fingerprint density at radius 1 is 1.70 bits per heavy atom. The van der Waals surface area contributed by atoms with Gasteiger partial charge < -0.3 is 10.8 Å². The summed E-state index contributed by atoms with van der Waals surface area (Å²) in [5.74, 6) is -0.965. The van der Waals surface area contributed by atoms with Crippen LogP contribution in [0.15, 0.2) is 0 Å². The molecule has 0 saturated carbocycles. The lowest BCUT2D eigenvalue weighted by molar-refractivity contribution is -0.138. The van der Waals surface area contributed by atoms with Gasteiger partial charge in [-0.25, -0.2) is 0 Å². The highest BCUT2D eigenvalue weighted by Gasteiger charge is 2.28. The second-order valence-corrected chi connectivity index (χ2v) is 3.95. The van der Waals surface area contributed by atoms with E-state index in [4.69, 9.17) is 16.2 Å². The molecule has 0 unspecified atom stereocenters. The third-order valence-electron chi connectivity index (χ3n) is 0.880. The first-order chi connectivity index (χ1) is 4.36. The first-order valence-corrected chi connectivity index (χ1v) is 3.44. The molecule has 4 nitrogen and oxygen atoms in total. The average molecular weight is 162 g/mol. The van der Waals surface area contributed by atoms with Crippen molar-refractivity contribution in [1.82, 2.24) is 0 Å². The van der Waals surface area contributed by atoms with E-state index in [1.165, 1.54) is 13.8 Å². The molecule has 0 rings (SSSR count). The number of aliphatic carboxylic acids is 1. The zero-order valence-electron chi connectivity index (χ0n) is 5.84. The number of carboxylic acids is 1. The van der Waals surface area contributed by atoms with Crippen molar-refractivity contribution >= 4 is 22.9 Å². The lowest BCUT2D eigenvalue weighted by Gasteiger charge is -2.16. The molecule has 0 aromatic rings. The smallest absolute Gasteiger partial charge is 0.319 e. The van der Waals surface area contributed by atoms with E-state index in [-0.39, 0.29) is 5.17 Å². The van der Waals surface area contributed by atoms with Gasteiger partial charge >= 0.3 is 5.97 Å². The minimum Gasteiger partial charge on any atom is -0.480 e. The van der Waals surface area contributed by atoms with Crippen LogP contribution < -0.4 is 5.73 Å². The summed E-state index contributed by atoms with van der Waals surface area (Å²) in [6.07, 6.45) is 0. The van der Waals surface area contributed by atoms with E-state index >= 15 is 0 Å². The van der Waals surface area contributed by atoms with Gasteiger partial charge in [0.2, 0.25) is 0 Å². The van der Waals surface area contributed by atoms with E-state index in [1.54, 1.807) is 0 Å². The Kier molecular flexibility index (Phi) is 2.71. The third-order valence-corrected chi connectivity index (χ3v) is 1.78. The van der Waals surface area contributed by atoms with Crippen LogP contribution in [-0.4, -0.2) is 21.0 Å². The summed E-state index contributed by atoms with van der Waals surface area (Å²) in [6.45, 7) is 3.00. The predicted octanol–water partition coefficient (Wildman–Crippen LogP) is 0.476. The Bertz CT molecular complexity index is 167. The molecule has 0 saturated heterocycles. The lowest BCUT2D eigenvalue weighted by Crippen LogP contribution is -2.30. The fraction of sp³-hybridized carbons (Fsp3) is 0.600. The van der Waals surface area contributed by atoms with Gasteiger partial charge in [0.1, 0.15) is 4.75 Å². The van der Waals surface area contributed by atoms with Gasteiger partial charge in [0.05, 0.1) is 0 Å². The van der Waals surface area contributed by atoms with Crippen molar-refractivity contribution in [2.24, 2.45) is 5.73 Å². The fourth-order valence-corrected chi connectivity index (χ4v) is 0.956. The van der Waals surface area contributed by atoms with E-state index in [1.807, 2.05) is 0 Å². The number of nitrogens with two attached hydrogens (primary N) is 1. The van der Waals surface area contributed by atoms with Crippen LogP contribution >= 0.6 is 11.8 Å². The molecule has 0 aliphatic carbocycles. The molecular weight excluding hydrogens is 152 g/mol. The number of hydrogen-bond acceptors (Lipinski definition) is 3. The Hall–Kier alpha value is -0.710. The molecule has 0 amide bonds. The Labute approximate surface area is 63.3 Å². The first kappa shape index (κ1) is 9.29. The van der Waals surface area contributed by atoms with Gasteiger partial charge in [-0.15, -0.1) is 0 Å². The van der Waals surface area contributed by atoms with E-state index in [0.29, 0.717) is 0 Å². The molecule has 0 heterocycles. The molecule has 4 N–H and O–H groups in total. The standard InChI is InChI=1S/C5H10N2O2S/c1-5(2,3(8)9)10-4(6)7/h1-2H3,(H3,6,7)(H,8,9). The van der Waals surface area contributed by atoms with Crippen molar-refractivity contribution in [2.75, 3.05) is 0 Å². The molecule has 0 fully saturated rings. The fourth-order valence-electron chi connectivity index (χ4n) is 0.319. The molecule has 0 aromatic carbocycles. The second-order valence-electron chi connectivity index (χ2n) is 2.28. The number of carbonyl (C=O) groups is 1. The van der Waals surface area contributed by atoms with Crippen molar-refractivity contribution in [3.05, 3.63) is 0 Å². The number of thioether (sulfide) groups is 1. The summed E-state index contributed by atoms with van der Waals surface area (Å²) in [4.78, 5) is 10.4. The third kappa shape index (κ3) is 2.72. The van der Waals surface area contributed by atoms with Crippen molar-refractivity contribution < 1.29 is 9.90 Å². The van der Waals surface area contributed by atoms with E-state index in [9.17, 15) is 4.79 Å². The molecule has 0 bridgehead atoms. The van der Waals surface area contributed by atoms with Crippen LogP contribution in [0.2, 0.25) is 0 Å². The predicted molar refractivity (Wildman–Crippen MR) is 41.2 cm³/mol. The zero-order valence-corrected chi connectivity index (χ0v) is 6.66. The highest BCUT2D eigenvalue weighted by Crippen LogP contribution is 2.23. The van der Waals surface area contributed by atoms with Gasteiger partial charge in [0.15, 0.2) is 5.17 Å². The van der Waals surface area contributed by atoms with Crippen LogP contribution in [0, 0.1) is 5.41 Å². The van der Waals surface area contributed by atoms with Crippen molar-refractivity contribution in [1.29, 1.82) is 5.41 Å². The summed E-state index contributed by atoms with van der Waals surface area (Å²) >= 11 is 0.826. The number of carboxylic acid groups (broad SMARTS) is 1. The van der Waals surface area contributed by atoms with Crippen molar-refractivity contribution in [2.45, 2.75) is 18.6 Å². The number of nitrogens with one attached hydrogen (secondary N) is 1.